The molecule has 5 nitrogen and oxygen atoms in total. The van der Waals surface area contributed by atoms with Gasteiger partial charge in [-0.15, -0.1) is 0 Å². The van der Waals surface area contributed by atoms with Gasteiger partial charge in [0.2, 0.25) is 0 Å². The van der Waals surface area contributed by atoms with Crippen LogP contribution in [0, 0.1) is 0 Å². The molecule has 2 heterocycles. The molecule has 1 fully saturated rings. The van der Waals surface area contributed by atoms with Gasteiger partial charge in [0.15, 0.2) is 5.78 Å². The first-order valence-corrected chi connectivity index (χ1v) is 7.31. The summed E-state index contributed by atoms with van der Waals surface area (Å²) in [5.74, 6) is -0.0314. The lowest BCUT2D eigenvalue weighted by molar-refractivity contribution is 0.0223. The molecule has 1 aliphatic heterocycles. The number of aromatic nitrogens is 1. The first-order valence-electron chi connectivity index (χ1n) is 7.31. The van der Waals surface area contributed by atoms with Crippen LogP contribution < -0.4 is 0 Å². The van der Waals surface area contributed by atoms with Crippen molar-refractivity contribution in [1.82, 2.24) is 9.88 Å². The Morgan fingerprint density at radius 3 is 2.76 bits per heavy atom. The monoisotopic (exact) mass is 290 g/mol. The van der Waals surface area contributed by atoms with Crippen LogP contribution >= 0.6 is 0 Å². The number of hydrogen-bond acceptors (Lipinski definition) is 4. The van der Waals surface area contributed by atoms with E-state index in [1.807, 2.05) is 20.8 Å². The Morgan fingerprint density at radius 2 is 2.14 bits per heavy atom. The van der Waals surface area contributed by atoms with Crippen LogP contribution in [-0.2, 0) is 4.74 Å². The third-order valence-electron chi connectivity index (χ3n) is 3.38. The van der Waals surface area contributed by atoms with Crippen molar-refractivity contribution in [3.05, 3.63) is 30.1 Å². The van der Waals surface area contributed by atoms with Crippen molar-refractivity contribution in [2.75, 3.05) is 6.54 Å². The first-order chi connectivity index (χ1) is 9.87. The van der Waals surface area contributed by atoms with Gasteiger partial charge in [-0.3, -0.25) is 9.78 Å². The number of rotatable bonds is 3. The van der Waals surface area contributed by atoms with E-state index in [1.165, 1.54) is 0 Å². The maximum absolute atomic E-state index is 12.2. The van der Waals surface area contributed by atoms with Crippen LogP contribution in [-0.4, -0.2) is 39.9 Å². The third kappa shape index (κ3) is 4.28. The number of amides is 1. The molecule has 0 spiro atoms. The molecule has 114 valence electrons. The van der Waals surface area contributed by atoms with Crippen LogP contribution in [0.25, 0.3) is 0 Å². The standard InChI is InChI=1S/C16H22N2O3/c1-16(2,3)21-15(20)18-10-6-7-12(18)11-14(19)13-8-4-5-9-17-13/h4-5,8-9,12H,6-7,10-11H2,1-3H3. The number of hydrogen-bond donors (Lipinski definition) is 0. The van der Waals surface area contributed by atoms with Gasteiger partial charge in [-0.2, -0.15) is 0 Å². The second-order valence-corrected chi connectivity index (χ2v) is 6.31. The number of nitrogens with zero attached hydrogens (tertiary/aromatic N) is 2. The fraction of sp³-hybridized carbons (Fsp3) is 0.562. The van der Waals surface area contributed by atoms with Gasteiger partial charge in [-0.1, -0.05) is 6.07 Å². The van der Waals surface area contributed by atoms with Crippen LogP contribution in [0.5, 0.6) is 0 Å². The van der Waals surface area contributed by atoms with Gasteiger partial charge in [-0.25, -0.2) is 4.79 Å². The molecule has 0 aromatic carbocycles. The summed E-state index contributed by atoms with van der Waals surface area (Å²) in [6.07, 6.45) is 3.31. The minimum absolute atomic E-state index is 0.0314. The molecule has 1 unspecified atom stereocenters. The summed E-state index contributed by atoms with van der Waals surface area (Å²) in [4.78, 5) is 30.1. The molecular formula is C16H22N2O3. The summed E-state index contributed by atoms with van der Waals surface area (Å²) in [7, 11) is 0. The molecule has 0 bridgehead atoms. The van der Waals surface area contributed by atoms with Gasteiger partial charge in [0.1, 0.15) is 11.3 Å². The molecule has 0 saturated carbocycles. The minimum Gasteiger partial charge on any atom is -0.444 e. The molecule has 1 atom stereocenters. The highest BCUT2D eigenvalue weighted by atomic mass is 16.6. The Labute approximate surface area is 125 Å². The normalized spacial score (nSPS) is 18.6. The number of carbonyl (C=O) groups excluding carboxylic acids is 2. The quantitative estimate of drug-likeness (QED) is 0.803. The number of ketones is 1. The summed E-state index contributed by atoms with van der Waals surface area (Å²) >= 11 is 0. The second kappa shape index (κ2) is 6.24. The molecule has 1 aromatic rings. The number of carbonyl (C=O) groups is 2. The molecule has 2 rings (SSSR count). The molecular weight excluding hydrogens is 268 g/mol. The lowest BCUT2D eigenvalue weighted by Gasteiger charge is -2.28. The van der Waals surface area contributed by atoms with Crippen molar-refractivity contribution in [2.45, 2.75) is 51.7 Å². The van der Waals surface area contributed by atoms with Gasteiger partial charge in [0.05, 0.1) is 0 Å². The van der Waals surface area contributed by atoms with Crippen molar-refractivity contribution in [2.24, 2.45) is 0 Å². The molecule has 1 amide bonds. The van der Waals surface area contributed by atoms with Crippen LogP contribution in [0.15, 0.2) is 24.4 Å². The molecule has 0 radical (unpaired) electrons. The van der Waals surface area contributed by atoms with Crippen molar-refractivity contribution < 1.29 is 14.3 Å². The number of Topliss-reactive ketones (excluding diaryl/α,β-unsaturated/α-hetero) is 1. The molecule has 0 aliphatic carbocycles. The van der Waals surface area contributed by atoms with Gasteiger partial charge in [0.25, 0.3) is 0 Å². The van der Waals surface area contributed by atoms with Gasteiger partial charge in [-0.05, 0) is 45.7 Å². The van der Waals surface area contributed by atoms with Crippen LogP contribution in [0.3, 0.4) is 0 Å². The maximum atomic E-state index is 12.2. The molecule has 21 heavy (non-hydrogen) atoms. The second-order valence-electron chi connectivity index (χ2n) is 6.31. The highest BCUT2D eigenvalue weighted by Crippen LogP contribution is 2.24. The number of likely N-dealkylation sites (tertiary alicyclic amines) is 1. The van der Waals surface area contributed by atoms with Gasteiger partial charge in [0, 0.05) is 25.2 Å². The van der Waals surface area contributed by atoms with Crippen molar-refractivity contribution in [1.29, 1.82) is 0 Å². The van der Waals surface area contributed by atoms with E-state index in [9.17, 15) is 9.59 Å². The Balaban J connectivity index is 1.99. The summed E-state index contributed by atoms with van der Waals surface area (Å²) in [6, 6.07) is 5.18. The van der Waals surface area contributed by atoms with Crippen LogP contribution in [0.4, 0.5) is 4.79 Å². The lowest BCUT2D eigenvalue weighted by atomic mass is 10.1. The van der Waals surface area contributed by atoms with Crippen molar-refractivity contribution >= 4 is 11.9 Å². The third-order valence-corrected chi connectivity index (χ3v) is 3.38. The van der Waals surface area contributed by atoms with E-state index in [0.717, 1.165) is 12.8 Å². The fourth-order valence-corrected chi connectivity index (χ4v) is 2.46. The summed E-state index contributed by atoms with van der Waals surface area (Å²) in [5, 5.41) is 0. The fourth-order valence-electron chi connectivity index (χ4n) is 2.46. The molecule has 5 heteroatoms. The maximum Gasteiger partial charge on any atom is 0.410 e. The van der Waals surface area contributed by atoms with E-state index in [4.69, 9.17) is 4.74 Å². The zero-order valence-electron chi connectivity index (χ0n) is 12.8. The molecule has 1 aliphatic rings. The lowest BCUT2D eigenvalue weighted by Crippen LogP contribution is -2.40. The topological polar surface area (TPSA) is 59.5 Å². The zero-order chi connectivity index (χ0) is 15.5. The Morgan fingerprint density at radius 1 is 1.38 bits per heavy atom. The van der Waals surface area contributed by atoms with E-state index in [0.29, 0.717) is 18.7 Å². The Hall–Kier alpha value is -1.91. The highest BCUT2D eigenvalue weighted by Gasteiger charge is 2.33. The van der Waals surface area contributed by atoms with E-state index >= 15 is 0 Å². The summed E-state index contributed by atoms with van der Waals surface area (Å²) in [6.45, 7) is 6.17. The van der Waals surface area contributed by atoms with E-state index < -0.39 is 5.60 Å². The SMILES string of the molecule is CC(C)(C)OC(=O)N1CCCC1CC(=O)c1ccccn1. The Kier molecular flexibility index (Phi) is 4.60. The highest BCUT2D eigenvalue weighted by molar-refractivity contribution is 5.94. The van der Waals surface area contributed by atoms with Gasteiger partial charge >= 0.3 is 6.09 Å². The van der Waals surface area contributed by atoms with E-state index in [2.05, 4.69) is 4.98 Å². The summed E-state index contributed by atoms with van der Waals surface area (Å²) < 4.78 is 5.40. The predicted octanol–water partition coefficient (Wildman–Crippen LogP) is 3.05. The number of pyridine rings is 1. The average Bonchev–Trinajstić information content (AvgIpc) is 2.86. The zero-order valence-corrected chi connectivity index (χ0v) is 12.8. The van der Waals surface area contributed by atoms with Crippen LogP contribution in [0.2, 0.25) is 0 Å². The summed E-state index contributed by atoms with van der Waals surface area (Å²) in [5.41, 5.74) is -0.0663. The smallest absolute Gasteiger partial charge is 0.410 e. The van der Waals surface area contributed by atoms with Crippen molar-refractivity contribution in [3.8, 4) is 0 Å². The van der Waals surface area contributed by atoms with Crippen molar-refractivity contribution in [3.63, 3.8) is 0 Å². The molecule has 1 aromatic heterocycles. The first kappa shape index (κ1) is 15.5. The predicted molar refractivity (Wildman–Crippen MR) is 79.1 cm³/mol. The van der Waals surface area contributed by atoms with Crippen LogP contribution in [0.1, 0.15) is 50.5 Å². The molecule has 1 saturated heterocycles. The van der Waals surface area contributed by atoms with Gasteiger partial charge < -0.3 is 9.64 Å². The Bertz CT molecular complexity index is 508. The largest absolute Gasteiger partial charge is 0.444 e. The minimum atomic E-state index is -0.519. The number of ether oxygens (including phenoxy) is 1. The average molecular weight is 290 g/mol. The van der Waals surface area contributed by atoms with E-state index in [-0.39, 0.29) is 17.9 Å². The molecule has 0 N–H and O–H groups in total. The van der Waals surface area contributed by atoms with E-state index in [1.54, 1.807) is 29.3 Å².